The molecular weight excluding hydrogens is 286 g/mol. The number of benzene rings is 2. The van der Waals surface area contributed by atoms with Gasteiger partial charge in [-0.25, -0.2) is 8.42 Å². The van der Waals surface area contributed by atoms with E-state index in [1.54, 1.807) is 30.3 Å². The van der Waals surface area contributed by atoms with Crippen LogP contribution in [-0.4, -0.2) is 25.1 Å². The van der Waals surface area contributed by atoms with Crippen LogP contribution < -0.4 is 0 Å². The lowest BCUT2D eigenvalue weighted by Crippen LogP contribution is -2.40. The number of hydrogen-bond acceptors (Lipinski definition) is 3. The third-order valence-corrected chi connectivity index (χ3v) is 5.31. The van der Waals surface area contributed by atoms with E-state index in [4.69, 9.17) is 0 Å². The maximum absolute atomic E-state index is 12.5. The van der Waals surface area contributed by atoms with E-state index in [1.807, 2.05) is 24.3 Å². The summed E-state index contributed by atoms with van der Waals surface area (Å²) in [6.07, 6.45) is 0. The molecule has 0 radical (unpaired) electrons. The van der Waals surface area contributed by atoms with Gasteiger partial charge in [-0.05, 0) is 11.1 Å². The predicted octanol–water partition coefficient (Wildman–Crippen LogP) is 2.21. The van der Waals surface area contributed by atoms with Crippen LogP contribution in [0.1, 0.15) is 21.5 Å². The molecule has 108 valence electrons. The van der Waals surface area contributed by atoms with Gasteiger partial charge in [-0.1, -0.05) is 54.6 Å². The minimum absolute atomic E-state index is 0.0772. The molecular formula is C16H15NO3S. The summed E-state index contributed by atoms with van der Waals surface area (Å²) in [6.45, 7) is 0.184. The quantitative estimate of drug-likeness (QED) is 0.873. The van der Waals surface area contributed by atoms with Crippen molar-refractivity contribution >= 4 is 15.8 Å². The van der Waals surface area contributed by atoms with Gasteiger partial charge in [-0.3, -0.25) is 4.79 Å². The van der Waals surface area contributed by atoms with E-state index in [0.717, 1.165) is 11.1 Å². The number of ketones is 1. The van der Waals surface area contributed by atoms with E-state index < -0.39 is 10.0 Å². The summed E-state index contributed by atoms with van der Waals surface area (Å²) in [5.41, 5.74) is 2.12. The van der Waals surface area contributed by atoms with Gasteiger partial charge in [0.05, 0.1) is 12.3 Å². The number of Topliss-reactive ketones (excluding diaryl/α,β-unsaturated/α-hetero) is 1. The fourth-order valence-corrected chi connectivity index (χ4v) is 3.94. The number of hydrogen-bond donors (Lipinski definition) is 0. The molecule has 0 spiro atoms. The maximum Gasteiger partial charge on any atom is 0.219 e. The van der Waals surface area contributed by atoms with Crippen molar-refractivity contribution in [1.29, 1.82) is 0 Å². The fourth-order valence-electron chi connectivity index (χ4n) is 2.49. The lowest BCUT2D eigenvalue weighted by Gasteiger charge is -2.27. The third-order valence-electron chi connectivity index (χ3n) is 3.57. The number of rotatable bonds is 3. The second kappa shape index (κ2) is 5.42. The molecule has 0 saturated carbocycles. The van der Waals surface area contributed by atoms with Crippen LogP contribution in [-0.2, 0) is 22.3 Å². The fraction of sp³-hybridized carbons (Fsp3) is 0.188. The highest BCUT2D eigenvalue weighted by Crippen LogP contribution is 2.22. The zero-order chi connectivity index (χ0) is 14.9. The molecule has 0 unspecified atom stereocenters. The largest absolute Gasteiger partial charge is 0.293 e. The molecule has 0 N–H and O–H groups in total. The van der Waals surface area contributed by atoms with Crippen molar-refractivity contribution in [2.45, 2.75) is 12.3 Å². The highest BCUT2D eigenvalue weighted by Gasteiger charge is 2.30. The van der Waals surface area contributed by atoms with Crippen molar-refractivity contribution in [2.75, 3.05) is 6.54 Å². The maximum atomic E-state index is 12.5. The Hall–Kier alpha value is -1.98. The van der Waals surface area contributed by atoms with Crippen molar-refractivity contribution in [3.8, 4) is 0 Å². The molecule has 0 atom stereocenters. The van der Waals surface area contributed by atoms with Gasteiger partial charge in [-0.15, -0.1) is 0 Å². The number of carbonyl (C=O) groups is 1. The van der Waals surface area contributed by atoms with Gasteiger partial charge in [0.2, 0.25) is 10.0 Å². The van der Waals surface area contributed by atoms with Gasteiger partial charge in [0.1, 0.15) is 0 Å². The Balaban J connectivity index is 1.86. The first-order valence-electron chi connectivity index (χ1n) is 6.69. The van der Waals surface area contributed by atoms with E-state index in [-0.39, 0.29) is 24.6 Å². The van der Waals surface area contributed by atoms with Crippen LogP contribution in [0.2, 0.25) is 0 Å². The second-order valence-corrected chi connectivity index (χ2v) is 7.06. The van der Waals surface area contributed by atoms with Crippen molar-refractivity contribution in [2.24, 2.45) is 0 Å². The van der Waals surface area contributed by atoms with Gasteiger partial charge in [-0.2, -0.15) is 4.31 Å². The van der Waals surface area contributed by atoms with Crippen LogP contribution in [0.15, 0.2) is 54.6 Å². The van der Waals surface area contributed by atoms with E-state index in [0.29, 0.717) is 5.56 Å². The molecule has 4 nitrogen and oxygen atoms in total. The summed E-state index contributed by atoms with van der Waals surface area (Å²) in [7, 11) is -3.50. The average molecular weight is 301 g/mol. The Kier molecular flexibility index (Phi) is 3.61. The first kappa shape index (κ1) is 14.0. The van der Waals surface area contributed by atoms with Crippen LogP contribution in [0.4, 0.5) is 0 Å². The van der Waals surface area contributed by atoms with Crippen LogP contribution in [0, 0.1) is 0 Å². The monoisotopic (exact) mass is 301 g/mol. The molecule has 1 aliphatic heterocycles. The number of fused-ring (bicyclic) bond motifs is 1. The van der Waals surface area contributed by atoms with Crippen molar-refractivity contribution in [3.63, 3.8) is 0 Å². The van der Waals surface area contributed by atoms with Gasteiger partial charge >= 0.3 is 0 Å². The molecule has 0 fully saturated rings. The summed E-state index contributed by atoms with van der Waals surface area (Å²) in [4.78, 5) is 12.1. The molecule has 0 amide bonds. The number of carbonyl (C=O) groups excluding carboxylic acids is 1. The summed E-state index contributed by atoms with van der Waals surface area (Å²) in [6, 6.07) is 16.2. The first-order valence-corrected chi connectivity index (χ1v) is 8.30. The molecule has 3 rings (SSSR count). The van der Waals surface area contributed by atoms with Gasteiger partial charge in [0, 0.05) is 12.1 Å². The summed E-state index contributed by atoms with van der Waals surface area (Å²) < 4.78 is 26.2. The topological polar surface area (TPSA) is 54.5 Å². The normalized spacial score (nSPS) is 15.7. The van der Waals surface area contributed by atoms with Crippen LogP contribution in [0.25, 0.3) is 0 Å². The highest BCUT2D eigenvalue weighted by molar-refractivity contribution is 7.88. The SMILES string of the molecule is O=C1CN(S(=O)(=O)Cc2ccccc2)Cc2ccccc21. The predicted molar refractivity (Wildman–Crippen MR) is 80.2 cm³/mol. The average Bonchev–Trinajstić information content (AvgIpc) is 2.48. The Labute approximate surface area is 124 Å². The molecule has 2 aromatic carbocycles. The van der Waals surface area contributed by atoms with Crippen molar-refractivity contribution in [1.82, 2.24) is 4.31 Å². The lowest BCUT2D eigenvalue weighted by atomic mass is 10.0. The van der Waals surface area contributed by atoms with Gasteiger partial charge < -0.3 is 0 Å². The van der Waals surface area contributed by atoms with Crippen LogP contribution in [0.5, 0.6) is 0 Å². The van der Waals surface area contributed by atoms with Gasteiger partial charge in [0.15, 0.2) is 5.78 Å². The Morgan fingerprint density at radius 1 is 0.905 bits per heavy atom. The molecule has 0 bridgehead atoms. The Bertz CT molecular complexity index is 769. The minimum Gasteiger partial charge on any atom is -0.293 e. The highest BCUT2D eigenvalue weighted by atomic mass is 32.2. The molecule has 0 aliphatic carbocycles. The van der Waals surface area contributed by atoms with E-state index in [1.165, 1.54) is 4.31 Å². The molecule has 21 heavy (non-hydrogen) atoms. The van der Waals surface area contributed by atoms with E-state index in [2.05, 4.69) is 0 Å². The summed E-state index contributed by atoms with van der Waals surface area (Å²) >= 11 is 0. The van der Waals surface area contributed by atoms with Crippen LogP contribution >= 0.6 is 0 Å². The molecule has 0 saturated heterocycles. The second-order valence-electron chi connectivity index (χ2n) is 5.09. The first-order chi connectivity index (χ1) is 10.1. The zero-order valence-corrected chi connectivity index (χ0v) is 12.2. The molecule has 2 aromatic rings. The Morgan fingerprint density at radius 3 is 2.33 bits per heavy atom. The molecule has 1 aliphatic rings. The molecule has 0 aromatic heterocycles. The lowest BCUT2D eigenvalue weighted by molar-refractivity contribution is 0.0949. The summed E-state index contributed by atoms with van der Waals surface area (Å²) in [5.74, 6) is -0.225. The number of sulfonamides is 1. The Morgan fingerprint density at radius 2 is 1.57 bits per heavy atom. The zero-order valence-electron chi connectivity index (χ0n) is 11.4. The minimum atomic E-state index is -3.50. The smallest absolute Gasteiger partial charge is 0.219 e. The molecule has 1 heterocycles. The van der Waals surface area contributed by atoms with Crippen LogP contribution in [0.3, 0.4) is 0 Å². The van der Waals surface area contributed by atoms with Crippen molar-refractivity contribution < 1.29 is 13.2 Å². The van der Waals surface area contributed by atoms with Gasteiger partial charge in [0.25, 0.3) is 0 Å². The van der Waals surface area contributed by atoms with Crippen molar-refractivity contribution in [3.05, 3.63) is 71.3 Å². The van der Waals surface area contributed by atoms with E-state index in [9.17, 15) is 13.2 Å². The third kappa shape index (κ3) is 2.89. The number of nitrogens with zero attached hydrogens (tertiary/aromatic N) is 1. The standard InChI is InChI=1S/C16H15NO3S/c18-16-11-17(10-14-8-4-5-9-15(14)16)21(19,20)12-13-6-2-1-3-7-13/h1-9H,10-12H2. The van der Waals surface area contributed by atoms with E-state index >= 15 is 0 Å². The summed E-state index contributed by atoms with van der Waals surface area (Å²) in [5, 5.41) is 0. The molecule has 5 heteroatoms.